The van der Waals surface area contributed by atoms with Gasteiger partial charge in [-0.1, -0.05) is 36.8 Å². The number of aliphatic carboxylic acids is 1. The van der Waals surface area contributed by atoms with Crippen LogP contribution in [0.2, 0.25) is 0 Å². The van der Waals surface area contributed by atoms with E-state index in [9.17, 15) is 44.4 Å². The van der Waals surface area contributed by atoms with Crippen LogP contribution in [0.25, 0.3) is 0 Å². The molecular weight excluding hydrogens is 658 g/mol. The lowest BCUT2D eigenvalue weighted by molar-refractivity contribution is -0.292. The molecule has 17 nitrogen and oxygen atoms in total. The van der Waals surface area contributed by atoms with Crippen LogP contribution in [-0.4, -0.2) is 138 Å². The van der Waals surface area contributed by atoms with Crippen LogP contribution in [-0.2, 0) is 40.0 Å². The fourth-order valence-corrected chi connectivity index (χ4v) is 4.92. The van der Waals surface area contributed by atoms with E-state index < -0.39 is 61.1 Å². The van der Waals surface area contributed by atoms with Crippen LogP contribution < -0.4 is 21.3 Å². The molecule has 1 fully saturated rings. The summed E-state index contributed by atoms with van der Waals surface area (Å²) < 4.78 is 15.8. The lowest BCUT2D eigenvalue weighted by Gasteiger charge is -2.38. The highest BCUT2D eigenvalue weighted by molar-refractivity contribution is 5.82. The first-order valence-electron chi connectivity index (χ1n) is 17.0. The number of nitrogens with one attached hydrogen (secondary N) is 4. The van der Waals surface area contributed by atoms with Crippen molar-refractivity contribution in [1.82, 2.24) is 26.2 Å². The molecule has 0 radical (unpaired) electrons. The number of aliphatic hydroxyl groups excluding tert-OH is 3. The summed E-state index contributed by atoms with van der Waals surface area (Å²) >= 11 is 0. The lowest BCUT2D eigenvalue weighted by Crippen LogP contribution is -2.57. The largest absolute Gasteiger partial charge is 0.480 e. The number of unbranched alkanes of at least 4 members (excludes halogenated alkanes) is 4. The van der Waals surface area contributed by atoms with Crippen molar-refractivity contribution < 1.29 is 58.6 Å². The van der Waals surface area contributed by atoms with Gasteiger partial charge in [-0.2, -0.15) is 0 Å². The highest BCUT2D eigenvalue weighted by atomic mass is 16.7. The zero-order valence-electron chi connectivity index (χ0n) is 28.6. The molecule has 0 bridgehead atoms. The van der Waals surface area contributed by atoms with Gasteiger partial charge in [-0.25, -0.2) is 4.79 Å². The minimum Gasteiger partial charge on any atom is -0.480 e. The number of carbonyl (C=O) groups is 5. The molecule has 0 unspecified atom stereocenters. The van der Waals surface area contributed by atoms with Gasteiger partial charge in [0.05, 0.1) is 32.3 Å². The molecule has 0 aromatic heterocycles. The van der Waals surface area contributed by atoms with E-state index in [0.29, 0.717) is 51.7 Å². The molecule has 50 heavy (non-hydrogen) atoms. The summed E-state index contributed by atoms with van der Waals surface area (Å²) in [6, 6.07) is 9.33. The molecule has 1 heterocycles. The van der Waals surface area contributed by atoms with Gasteiger partial charge in [-0.3, -0.25) is 24.1 Å². The van der Waals surface area contributed by atoms with Crippen molar-refractivity contribution in [3.05, 3.63) is 35.9 Å². The number of amides is 4. The number of aliphatic hydroxyl groups is 3. The van der Waals surface area contributed by atoms with E-state index in [0.717, 1.165) is 12.0 Å². The topological polar surface area (TPSA) is 245 Å². The number of rotatable bonds is 24. The van der Waals surface area contributed by atoms with Crippen LogP contribution in [0.4, 0.5) is 4.79 Å². The van der Waals surface area contributed by atoms with Crippen LogP contribution in [0.15, 0.2) is 30.3 Å². The molecule has 1 aromatic rings. The molecular formula is C33H53N5O12. The fraction of sp³-hybridized carbons (Fsp3) is 0.667. The summed E-state index contributed by atoms with van der Waals surface area (Å²) in [5.74, 6) is -2.20. The third-order valence-electron chi connectivity index (χ3n) is 7.67. The third-order valence-corrected chi connectivity index (χ3v) is 7.67. The molecule has 0 aliphatic carbocycles. The average molecular weight is 712 g/mol. The minimum absolute atomic E-state index is 0.0323. The second-order valence-electron chi connectivity index (χ2n) is 12.0. The van der Waals surface area contributed by atoms with Crippen LogP contribution in [0.5, 0.6) is 0 Å². The summed E-state index contributed by atoms with van der Waals surface area (Å²) in [6.07, 6.45) is -2.23. The number of carbonyl (C=O) groups excluding carboxylic acids is 4. The number of nitrogens with zero attached hydrogens (tertiary/aromatic N) is 1. The van der Waals surface area contributed by atoms with E-state index in [1.165, 1.54) is 4.90 Å². The fourth-order valence-electron chi connectivity index (χ4n) is 4.92. The molecule has 0 saturated carbocycles. The molecule has 4 amide bonds. The summed E-state index contributed by atoms with van der Waals surface area (Å²) in [6.45, 7) is 2.04. The Morgan fingerprint density at radius 3 is 1.92 bits per heavy atom. The highest BCUT2D eigenvalue weighted by Gasteiger charge is 2.42. The van der Waals surface area contributed by atoms with Crippen LogP contribution in [0.3, 0.4) is 0 Å². The maximum absolute atomic E-state index is 12.4. The van der Waals surface area contributed by atoms with Gasteiger partial charge < -0.3 is 55.9 Å². The van der Waals surface area contributed by atoms with Crippen molar-refractivity contribution in [3.8, 4) is 0 Å². The molecule has 1 aliphatic heterocycles. The van der Waals surface area contributed by atoms with Crippen molar-refractivity contribution in [2.24, 2.45) is 0 Å². The SMILES string of the molecule is C[C@@H]1O[C@@H](OCCNC(=O)CCCCCNC(=O)CN(CC(=O)O)CC(=O)NCCCCCNC(=O)OCc2ccccc2)[C@@H](O)[C@H](O)[C@@H]1O. The molecule has 1 saturated heterocycles. The molecule has 8 N–H and O–H groups in total. The van der Waals surface area contributed by atoms with Gasteiger partial charge in [0.15, 0.2) is 6.29 Å². The lowest BCUT2D eigenvalue weighted by atomic mass is 10.0. The number of carboxylic acid groups (broad SMARTS) is 1. The van der Waals surface area contributed by atoms with E-state index in [2.05, 4.69) is 21.3 Å². The Hall–Kier alpha value is -3.87. The molecule has 1 aromatic carbocycles. The zero-order valence-corrected chi connectivity index (χ0v) is 28.6. The molecule has 1 aliphatic rings. The quantitative estimate of drug-likeness (QED) is 0.0615. The standard InChI is InChI=1S/C33H53N5O12/c1-23-29(44)30(45)31(46)32(50-23)48-18-17-36-25(39)13-7-3-8-14-34-26(40)19-38(21-28(42)43)20-27(41)35-15-9-4-10-16-37-33(47)49-22-24-11-5-2-6-12-24/h2,5-6,11-12,23,29-32,44-46H,3-4,7-10,13-22H2,1H3,(H,34,40)(H,35,41)(H,36,39)(H,37,47)(H,42,43)/t23-,29+,30+,31-,32+/m0/s1. The van der Waals surface area contributed by atoms with E-state index in [1.807, 2.05) is 30.3 Å². The van der Waals surface area contributed by atoms with Gasteiger partial charge in [-0.05, 0) is 44.6 Å². The Morgan fingerprint density at radius 1 is 0.720 bits per heavy atom. The first-order chi connectivity index (χ1) is 24.0. The number of hydrogen-bond acceptors (Lipinski definition) is 12. The van der Waals surface area contributed by atoms with Crippen molar-refractivity contribution in [1.29, 1.82) is 0 Å². The summed E-state index contributed by atoms with van der Waals surface area (Å²) in [5, 5.41) is 49.4. The molecule has 0 spiro atoms. The van der Waals surface area contributed by atoms with Gasteiger partial charge in [-0.15, -0.1) is 0 Å². The Labute approximate surface area is 292 Å². The average Bonchev–Trinajstić information content (AvgIpc) is 3.08. The van der Waals surface area contributed by atoms with E-state index in [4.69, 9.17) is 14.2 Å². The van der Waals surface area contributed by atoms with Crippen molar-refractivity contribution in [2.45, 2.75) is 89.2 Å². The van der Waals surface area contributed by atoms with Crippen molar-refractivity contribution >= 4 is 29.8 Å². The van der Waals surface area contributed by atoms with Gasteiger partial charge in [0.1, 0.15) is 24.9 Å². The monoisotopic (exact) mass is 711 g/mol. The summed E-state index contributed by atoms with van der Waals surface area (Å²) in [4.78, 5) is 61.1. The second kappa shape index (κ2) is 24.3. The maximum Gasteiger partial charge on any atom is 0.407 e. The summed E-state index contributed by atoms with van der Waals surface area (Å²) in [5.41, 5.74) is 0.894. The number of carboxylic acids is 1. The van der Waals surface area contributed by atoms with E-state index in [1.54, 1.807) is 6.92 Å². The number of ether oxygens (including phenoxy) is 3. The third kappa shape index (κ3) is 18.2. The number of benzene rings is 1. The van der Waals surface area contributed by atoms with Gasteiger partial charge in [0, 0.05) is 32.6 Å². The normalized spacial score (nSPS) is 20.1. The number of alkyl carbamates (subject to hydrolysis) is 1. The van der Waals surface area contributed by atoms with Crippen LogP contribution >= 0.6 is 0 Å². The predicted molar refractivity (Wildman–Crippen MR) is 178 cm³/mol. The summed E-state index contributed by atoms with van der Waals surface area (Å²) in [7, 11) is 0. The molecule has 282 valence electrons. The van der Waals surface area contributed by atoms with Crippen LogP contribution in [0.1, 0.15) is 57.4 Å². The van der Waals surface area contributed by atoms with E-state index >= 15 is 0 Å². The number of hydrogen-bond donors (Lipinski definition) is 8. The zero-order chi connectivity index (χ0) is 36.7. The predicted octanol–water partition coefficient (Wildman–Crippen LogP) is -0.777. The molecule has 17 heteroatoms. The smallest absolute Gasteiger partial charge is 0.407 e. The van der Waals surface area contributed by atoms with Crippen LogP contribution in [0, 0.1) is 0 Å². The Kier molecular flexibility index (Phi) is 20.6. The second-order valence-corrected chi connectivity index (χ2v) is 12.0. The van der Waals surface area contributed by atoms with Gasteiger partial charge in [0.25, 0.3) is 0 Å². The Bertz CT molecular complexity index is 1180. The Morgan fingerprint density at radius 2 is 1.30 bits per heavy atom. The molecule has 2 rings (SSSR count). The van der Waals surface area contributed by atoms with Crippen molar-refractivity contribution in [2.75, 3.05) is 52.4 Å². The first-order valence-corrected chi connectivity index (χ1v) is 17.0. The molecule has 5 atom stereocenters. The Balaban J connectivity index is 1.48. The van der Waals surface area contributed by atoms with E-state index in [-0.39, 0.29) is 45.2 Å². The van der Waals surface area contributed by atoms with Crippen molar-refractivity contribution in [3.63, 3.8) is 0 Å². The highest BCUT2D eigenvalue weighted by Crippen LogP contribution is 2.21. The maximum atomic E-state index is 12.4. The van der Waals surface area contributed by atoms with Gasteiger partial charge >= 0.3 is 12.1 Å². The first kappa shape index (κ1) is 42.3. The van der Waals surface area contributed by atoms with Gasteiger partial charge in [0.2, 0.25) is 17.7 Å². The minimum atomic E-state index is -1.41.